The van der Waals surface area contributed by atoms with E-state index in [0.717, 1.165) is 13.0 Å². The average molecular weight is 289 g/mol. The number of carbonyl (C=O) groups excluding carboxylic acids is 2. The highest BCUT2D eigenvalue weighted by Crippen LogP contribution is 2.31. The van der Waals surface area contributed by atoms with Crippen molar-refractivity contribution in [2.75, 3.05) is 18.0 Å². The number of carbonyl (C=O) groups is 2. The molecule has 0 saturated heterocycles. The quantitative estimate of drug-likeness (QED) is 0.852. The highest BCUT2D eigenvalue weighted by atomic mass is 16.2. The van der Waals surface area contributed by atoms with Crippen LogP contribution in [0.2, 0.25) is 0 Å². The van der Waals surface area contributed by atoms with Gasteiger partial charge in [0.25, 0.3) is 0 Å². The Morgan fingerprint density at radius 2 is 2.10 bits per heavy atom. The van der Waals surface area contributed by atoms with Crippen LogP contribution in [0, 0.1) is 0 Å². The molecule has 114 valence electrons. The van der Waals surface area contributed by atoms with Crippen molar-refractivity contribution in [3.8, 4) is 0 Å². The summed E-state index contributed by atoms with van der Waals surface area (Å²) in [5, 5.41) is 5.45. The molecule has 0 aliphatic carbocycles. The fourth-order valence-electron chi connectivity index (χ4n) is 2.79. The third kappa shape index (κ3) is 3.74. The molecule has 2 atom stereocenters. The monoisotopic (exact) mass is 289 g/mol. The van der Waals surface area contributed by atoms with Crippen molar-refractivity contribution >= 4 is 17.5 Å². The van der Waals surface area contributed by atoms with Crippen LogP contribution >= 0.6 is 0 Å². The van der Waals surface area contributed by atoms with Crippen molar-refractivity contribution in [2.24, 2.45) is 0 Å². The molecule has 0 saturated carbocycles. The van der Waals surface area contributed by atoms with Crippen molar-refractivity contribution in [3.63, 3.8) is 0 Å². The standard InChI is InChI=1S/C16H23N3O2/c1-11-10-14-6-4-5-7-15(14)19(11)9-8-17-16(21)12(2)18-13(3)20/h4-7,11-12H,8-10H2,1-3H3,(H,17,21)(H,18,20). The molecule has 0 radical (unpaired) electrons. The number of nitrogens with zero attached hydrogens (tertiary/aromatic N) is 1. The molecule has 0 fully saturated rings. The van der Waals surface area contributed by atoms with E-state index in [0.29, 0.717) is 12.6 Å². The summed E-state index contributed by atoms with van der Waals surface area (Å²) in [4.78, 5) is 25.1. The van der Waals surface area contributed by atoms with Gasteiger partial charge in [-0.05, 0) is 31.9 Å². The van der Waals surface area contributed by atoms with Crippen LogP contribution in [0.3, 0.4) is 0 Å². The van der Waals surface area contributed by atoms with Gasteiger partial charge in [0, 0.05) is 31.7 Å². The molecular formula is C16H23N3O2. The number of anilines is 1. The molecule has 2 rings (SSSR count). The predicted molar refractivity (Wildman–Crippen MR) is 83.2 cm³/mol. The summed E-state index contributed by atoms with van der Waals surface area (Å²) >= 11 is 0. The summed E-state index contributed by atoms with van der Waals surface area (Å²) < 4.78 is 0. The van der Waals surface area contributed by atoms with Gasteiger partial charge >= 0.3 is 0 Å². The zero-order valence-corrected chi connectivity index (χ0v) is 12.8. The number of hydrogen-bond acceptors (Lipinski definition) is 3. The van der Waals surface area contributed by atoms with Gasteiger partial charge in [-0.1, -0.05) is 18.2 Å². The fourth-order valence-corrected chi connectivity index (χ4v) is 2.79. The molecule has 1 aromatic rings. The Balaban J connectivity index is 1.84. The fraction of sp³-hybridized carbons (Fsp3) is 0.500. The first kappa shape index (κ1) is 15.4. The van der Waals surface area contributed by atoms with Gasteiger partial charge in [-0.3, -0.25) is 9.59 Å². The SMILES string of the molecule is CC(=O)NC(C)C(=O)NCCN1c2ccccc2CC1C. The molecule has 1 heterocycles. The van der Waals surface area contributed by atoms with Crippen LogP contribution in [-0.2, 0) is 16.0 Å². The lowest BCUT2D eigenvalue weighted by atomic mass is 10.1. The predicted octanol–water partition coefficient (Wildman–Crippen LogP) is 1.08. The second-order valence-electron chi connectivity index (χ2n) is 5.59. The van der Waals surface area contributed by atoms with Crippen molar-refractivity contribution < 1.29 is 9.59 Å². The normalized spacial score (nSPS) is 18.0. The summed E-state index contributed by atoms with van der Waals surface area (Å²) in [7, 11) is 0. The lowest BCUT2D eigenvalue weighted by molar-refractivity contribution is -0.127. The minimum absolute atomic E-state index is 0.148. The van der Waals surface area contributed by atoms with E-state index in [1.807, 2.05) is 6.07 Å². The van der Waals surface area contributed by atoms with Crippen LogP contribution in [0.15, 0.2) is 24.3 Å². The van der Waals surface area contributed by atoms with Gasteiger partial charge in [0.05, 0.1) is 0 Å². The maximum Gasteiger partial charge on any atom is 0.242 e. The summed E-state index contributed by atoms with van der Waals surface area (Å²) in [6, 6.07) is 8.34. The van der Waals surface area contributed by atoms with E-state index in [1.54, 1.807) is 6.92 Å². The van der Waals surface area contributed by atoms with E-state index in [-0.39, 0.29) is 11.8 Å². The van der Waals surface area contributed by atoms with Crippen molar-refractivity contribution in [1.29, 1.82) is 0 Å². The number of amides is 2. The van der Waals surface area contributed by atoms with E-state index < -0.39 is 6.04 Å². The van der Waals surface area contributed by atoms with Gasteiger partial charge in [-0.2, -0.15) is 0 Å². The summed E-state index contributed by atoms with van der Waals surface area (Å²) in [5.74, 6) is -0.343. The second-order valence-corrected chi connectivity index (χ2v) is 5.59. The minimum Gasteiger partial charge on any atom is -0.367 e. The molecule has 1 aromatic carbocycles. The second kappa shape index (κ2) is 6.61. The van der Waals surface area contributed by atoms with Crippen LogP contribution in [0.1, 0.15) is 26.3 Å². The van der Waals surface area contributed by atoms with Gasteiger partial charge in [0.15, 0.2) is 0 Å². The Bertz CT molecular complexity index is 530. The Morgan fingerprint density at radius 1 is 1.38 bits per heavy atom. The van der Waals surface area contributed by atoms with Crippen molar-refractivity contribution in [2.45, 2.75) is 39.3 Å². The topological polar surface area (TPSA) is 61.4 Å². The lowest BCUT2D eigenvalue weighted by Crippen LogP contribution is -2.46. The van der Waals surface area contributed by atoms with Crippen molar-refractivity contribution in [1.82, 2.24) is 10.6 Å². The largest absolute Gasteiger partial charge is 0.367 e. The number of hydrogen-bond donors (Lipinski definition) is 2. The van der Waals surface area contributed by atoms with Crippen LogP contribution < -0.4 is 15.5 Å². The van der Waals surface area contributed by atoms with E-state index >= 15 is 0 Å². The average Bonchev–Trinajstić information content (AvgIpc) is 2.74. The number of benzene rings is 1. The van der Waals surface area contributed by atoms with Gasteiger partial charge in [0.1, 0.15) is 6.04 Å². The minimum atomic E-state index is -0.495. The Kier molecular flexibility index (Phi) is 4.83. The molecule has 0 bridgehead atoms. The molecular weight excluding hydrogens is 266 g/mol. The van der Waals surface area contributed by atoms with Gasteiger partial charge in [-0.25, -0.2) is 0 Å². The zero-order valence-electron chi connectivity index (χ0n) is 12.8. The molecule has 1 aliphatic rings. The molecule has 2 unspecified atom stereocenters. The first-order valence-corrected chi connectivity index (χ1v) is 7.38. The molecule has 5 nitrogen and oxygen atoms in total. The molecule has 5 heteroatoms. The molecule has 2 amide bonds. The van der Waals surface area contributed by atoms with E-state index in [1.165, 1.54) is 18.2 Å². The van der Waals surface area contributed by atoms with Gasteiger partial charge in [0.2, 0.25) is 11.8 Å². The molecule has 2 N–H and O–H groups in total. The highest BCUT2D eigenvalue weighted by molar-refractivity contribution is 5.86. The third-order valence-corrected chi connectivity index (χ3v) is 3.81. The van der Waals surface area contributed by atoms with E-state index in [2.05, 4.69) is 40.7 Å². The smallest absolute Gasteiger partial charge is 0.242 e. The highest BCUT2D eigenvalue weighted by Gasteiger charge is 2.25. The van der Waals surface area contributed by atoms with Gasteiger partial charge in [-0.15, -0.1) is 0 Å². The summed E-state index contributed by atoms with van der Waals surface area (Å²) in [6.45, 7) is 6.64. The zero-order chi connectivity index (χ0) is 15.4. The van der Waals surface area contributed by atoms with Crippen LogP contribution in [0.5, 0.6) is 0 Å². The molecule has 21 heavy (non-hydrogen) atoms. The van der Waals surface area contributed by atoms with E-state index in [9.17, 15) is 9.59 Å². The molecule has 0 aromatic heterocycles. The molecule has 0 spiro atoms. The van der Waals surface area contributed by atoms with Crippen molar-refractivity contribution in [3.05, 3.63) is 29.8 Å². The first-order valence-electron chi connectivity index (χ1n) is 7.38. The number of para-hydroxylation sites is 1. The maximum atomic E-state index is 11.8. The maximum absolute atomic E-state index is 11.8. The molecule has 1 aliphatic heterocycles. The number of rotatable bonds is 5. The van der Waals surface area contributed by atoms with Gasteiger partial charge < -0.3 is 15.5 Å². The Labute approximate surface area is 125 Å². The number of fused-ring (bicyclic) bond motifs is 1. The first-order chi connectivity index (χ1) is 9.99. The van der Waals surface area contributed by atoms with Crippen LogP contribution in [0.25, 0.3) is 0 Å². The Hall–Kier alpha value is -2.04. The van der Waals surface area contributed by atoms with E-state index in [4.69, 9.17) is 0 Å². The van der Waals surface area contributed by atoms with Crippen LogP contribution in [-0.4, -0.2) is 37.0 Å². The lowest BCUT2D eigenvalue weighted by Gasteiger charge is -2.25. The number of nitrogens with one attached hydrogen (secondary N) is 2. The van der Waals surface area contributed by atoms with Crippen LogP contribution in [0.4, 0.5) is 5.69 Å². The third-order valence-electron chi connectivity index (χ3n) is 3.81. The summed E-state index contributed by atoms with van der Waals surface area (Å²) in [5.41, 5.74) is 2.62. The Morgan fingerprint density at radius 3 is 2.81 bits per heavy atom. The summed E-state index contributed by atoms with van der Waals surface area (Å²) in [6.07, 6.45) is 1.05.